The molecule has 0 fully saturated rings. The van der Waals surface area contributed by atoms with Crippen LogP contribution in [0.1, 0.15) is 41.0 Å². The highest BCUT2D eigenvalue weighted by Crippen LogP contribution is 2.17. The summed E-state index contributed by atoms with van der Waals surface area (Å²) >= 11 is 0. The predicted molar refractivity (Wildman–Crippen MR) is 64.9 cm³/mol. The lowest BCUT2D eigenvalue weighted by Crippen LogP contribution is -2.34. The number of amidine groups is 1. The lowest BCUT2D eigenvalue weighted by Gasteiger charge is -2.28. The van der Waals surface area contributed by atoms with E-state index in [4.69, 9.17) is 0 Å². The van der Waals surface area contributed by atoms with Gasteiger partial charge in [-0.3, -0.25) is 4.99 Å². The number of hydrogen-bond acceptors (Lipinski definition) is 1. The van der Waals surface area contributed by atoms with Crippen LogP contribution < -0.4 is 0 Å². The first-order valence-corrected chi connectivity index (χ1v) is 5.47. The van der Waals surface area contributed by atoms with Crippen LogP contribution in [0, 0.1) is 11.3 Å². The third-order valence-corrected chi connectivity index (χ3v) is 2.06. The zero-order chi connectivity index (χ0) is 11.4. The van der Waals surface area contributed by atoms with Gasteiger partial charge in [0.05, 0.1) is 0 Å². The van der Waals surface area contributed by atoms with E-state index < -0.39 is 0 Å². The van der Waals surface area contributed by atoms with Crippen LogP contribution in [-0.4, -0.2) is 31.4 Å². The van der Waals surface area contributed by atoms with Crippen molar-refractivity contribution in [3.8, 4) is 0 Å². The maximum absolute atomic E-state index is 4.68. The van der Waals surface area contributed by atoms with Crippen molar-refractivity contribution in [2.24, 2.45) is 16.3 Å². The molecule has 0 heterocycles. The van der Waals surface area contributed by atoms with E-state index in [1.54, 1.807) is 0 Å². The molecule has 0 aromatic heterocycles. The zero-order valence-corrected chi connectivity index (χ0v) is 10.9. The maximum Gasteiger partial charge on any atom is 0.104 e. The van der Waals surface area contributed by atoms with E-state index in [0.29, 0.717) is 0 Å². The Labute approximate surface area is 89.4 Å². The van der Waals surface area contributed by atoms with Crippen LogP contribution in [0.25, 0.3) is 0 Å². The van der Waals surface area contributed by atoms with E-state index in [1.165, 1.54) is 12.3 Å². The van der Waals surface area contributed by atoms with E-state index in [0.717, 1.165) is 12.5 Å². The zero-order valence-electron chi connectivity index (χ0n) is 10.9. The number of aliphatic imine (C=N–C) groups is 1. The normalized spacial score (nSPS) is 13.6. The highest BCUT2D eigenvalue weighted by atomic mass is 15.1. The fourth-order valence-electron chi connectivity index (χ4n) is 1.48. The third kappa shape index (κ3) is 5.25. The molecule has 0 radical (unpaired) electrons. The molecular weight excluding hydrogens is 172 g/mol. The third-order valence-electron chi connectivity index (χ3n) is 2.06. The summed E-state index contributed by atoms with van der Waals surface area (Å²) in [4.78, 5) is 6.80. The minimum atomic E-state index is 0.153. The molecule has 0 N–H and O–H groups in total. The Morgan fingerprint density at radius 3 is 2.00 bits per heavy atom. The topological polar surface area (TPSA) is 15.6 Å². The van der Waals surface area contributed by atoms with Gasteiger partial charge in [0.1, 0.15) is 5.84 Å². The molecule has 2 nitrogen and oxygen atoms in total. The van der Waals surface area contributed by atoms with Crippen LogP contribution >= 0.6 is 0 Å². The van der Waals surface area contributed by atoms with Gasteiger partial charge in [0, 0.05) is 26.1 Å². The maximum atomic E-state index is 4.68. The van der Waals surface area contributed by atoms with Crippen LogP contribution in [0.3, 0.4) is 0 Å². The number of nitrogens with zero attached hydrogens (tertiary/aromatic N) is 2. The predicted octanol–water partition coefficient (Wildman–Crippen LogP) is 3.04. The first kappa shape index (κ1) is 13.5. The van der Waals surface area contributed by atoms with Gasteiger partial charge in [0.15, 0.2) is 0 Å². The molecule has 0 saturated carbocycles. The Hall–Kier alpha value is -0.530. The van der Waals surface area contributed by atoms with Crippen molar-refractivity contribution in [2.75, 3.05) is 20.6 Å². The van der Waals surface area contributed by atoms with Gasteiger partial charge in [-0.25, -0.2) is 0 Å². The number of hydrogen-bond donors (Lipinski definition) is 0. The molecule has 0 saturated heterocycles. The van der Waals surface area contributed by atoms with E-state index in [9.17, 15) is 0 Å². The van der Waals surface area contributed by atoms with Crippen LogP contribution in [0.15, 0.2) is 4.99 Å². The van der Waals surface area contributed by atoms with Gasteiger partial charge in [-0.15, -0.1) is 0 Å². The second kappa shape index (κ2) is 5.38. The van der Waals surface area contributed by atoms with Crippen molar-refractivity contribution >= 4 is 5.84 Å². The largest absolute Gasteiger partial charge is 0.366 e. The summed E-state index contributed by atoms with van der Waals surface area (Å²) in [6, 6.07) is 0. The molecule has 0 bridgehead atoms. The van der Waals surface area contributed by atoms with E-state index in [-0.39, 0.29) is 5.41 Å². The molecule has 0 aromatic carbocycles. The molecule has 0 aromatic rings. The van der Waals surface area contributed by atoms with Crippen molar-refractivity contribution in [1.29, 1.82) is 0 Å². The summed E-state index contributed by atoms with van der Waals surface area (Å²) in [5, 5.41) is 0. The standard InChI is InChI=1S/C12H26N2/c1-10(2)8-9-13-11(14(6)7)12(3,4)5/h10H,8-9H2,1-7H3. The smallest absolute Gasteiger partial charge is 0.104 e. The summed E-state index contributed by atoms with van der Waals surface area (Å²) in [6.45, 7) is 12.1. The molecule has 0 atom stereocenters. The Morgan fingerprint density at radius 1 is 1.21 bits per heavy atom. The highest BCUT2D eigenvalue weighted by molar-refractivity contribution is 5.86. The van der Waals surface area contributed by atoms with Crippen LogP contribution in [0.2, 0.25) is 0 Å². The SMILES string of the molecule is CC(C)CCN=C(N(C)C)C(C)(C)C. The lowest BCUT2D eigenvalue weighted by atomic mass is 9.94. The summed E-state index contributed by atoms with van der Waals surface area (Å²) in [6.07, 6.45) is 1.17. The minimum Gasteiger partial charge on any atom is -0.366 e. The molecule has 0 spiro atoms. The Morgan fingerprint density at radius 2 is 1.71 bits per heavy atom. The second-order valence-corrected chi connectivity index (χ2v) is 5.53. The van der Waals surface area contributed by atoms with Gasteiger partial charge in [0.25, 0.3) is 0 Å². The average Bonchev–Trinajstić information content (AvgIpc) is 1.94. The van der Waals surface area contributed by atoms with Crippen LogP contribution in [0.4, 0.5) is 0 Å². The van der Waals surface area contributed by atoms with E-state index in [2.05, 4.69) is 58.6 Å². The molecular formula is C12H26N2. The molecule has 0 aliphatic heterocycles. The van der Waals surface area contributed by atoms with Gasteiger partial charge in [-0.1, -0.05) is 34.6 Å². The van der Waals surface area contributed by atoms with Crippen molar-refractivity contribution < 1.29 is 0 Å². The van der Waals surface area contributed by atoms with E-state index in [1.807, 2.05) is 0 Å². The Balaban J connectivity index is 4.36. The summed E-state index contributed by atoms with van der Waals surface area (Å²) in [5.74, 6) is 1.93. The van der Waals surface area contributed by atoms with E-state index >= 15 is 0 Å². The van der Waals surface area contributed by atoms with Gasteiger partial charge in [0.2, 0.25) is 0 Å². The minimum absolute atomic E-state index is 0.153. The van der Waals surface area contributed by atoms with Gasteiger partial charge < -0.3 is 4.90 Å². The summed E-state index contributed by atoms with van der Waals surface area (Å²) in [5.41, 5.74) is 0.153. The molecule has 0 amide bonds. The number of rotatable bonds is 3. The van der Waals surface area contributed by atoms with Gasteiger partial charge in [-0.05, 0) is 12.3 Å². The molecule has 0 aliphatic carbocycles. The fraction of sp³-hybridized carbons (Fsp3) is 0.917. The fourth-order valence-corrected chi connectivity index (χ4v) is 1.48. The summed E-state index contributed by atoms with van der Waals surface area (Å²) < 4.78 is 0. The van der Waals surface area contributed by atoms with Crippen molar-refractivity contribution in [3.63, 3.8) is 0 Å². The van der Waals surface area contributed by atoms with Gasteiger partial charge in [-0.2, -0.15) is 0 Å². The lowest BCUT2D eigenvalue weighted by molar-refractivity contribution is 0.473. The quantitative estimate of drug-likeness (QED) is 0.503. The van der Waals surface area contributed by atoms with Crippen LogP contribution in [-0.2, 0) is 0 Å². The molecule has 0 rings (SSSR count). The molecule has 84 valence electrons. The Kier molecular flexibility index (Phi) is 5.17. The van der Waals surface area contributed by atoms with Crippen molar-refractivity contribution in [3.05, 3.63) is 0 Å². The first-order chi connectivity index (χ1) is 6.25. The first-order valence-electron chi connectivity index (χ1n) is 5.47. The highest BCUT2D eigenvalue weighted by Gasteiger charge is 2.20. The van der Waals surface area contributed by atoms with Crippen LogP contribution in [0.5, 0.6) is 0 Å². The summed E-state index contributed by atoms with van der Waals surface area (Å²) in [7, 11) is 4.14. The van der Waals surface area contributed by atoms with Crippen molar-refractivity contribution in [1.82, 2.24) is 4.90 Å². The monoisotopic (exact) mass is 198 g/mol. The Bertz CT molecular complexity index is 185. The molecule has 14 heavy (non-hydrogen) atoms. The molecule has 2 heteroatoms. The van der Waals surface area contributed by atoms with Crippen molar-refractivity contribution in [2.45, 2.75) is 41.0 Å². The van der Waals surface area contributed by atoms with Gasteiger partial charge >= 0.3 is 0 Å². The average molecular weight is 198 g/mol. The second-order valence-electron chi connectivity index (χ2n) is 5.53. The molecule has 0 unspecified atom stereocenters. The molecule has 0 aliphatic rings.